The lowest BCUT2D eigenvalue weighted by molar-refractivity contribution is 0.229. The van der Waals surface area contributed by atoms with Gasteiger partial charge in [-0.05, 0) is 21.5 Å². The normalized spacial score (nSPS) is 12.4. The molecule has 33 heavy (non-hydrogen) atoms. The second-order valence-electron chi connectivity index (χ2n) is 8.76. The second-order valence-corrected chi connectivity index (χ2v) is 13.1. The zero-order valence-corrected chi connectivity index (χ0v) is 21.0. The lowest BCUT2D eigenvalue weighted by Gasteiger charge is -2.42. The highest BCUT2D eigenvalue weighted by Gasteiger charge is 2.49. The zero-order valence-electron chi connectivity index (χ0n) is 20.0. The van der Waals surface area contributed by atoms with Crippen LogP contribution >= 0.6 is 0 Å². The molecular formula is C28H32O4Si. The maximum atomic E-state index is 10.7. The van der Waals surface area contributed by atoms with Gasteiger partial charge in [0, 0.05) is 5.56 Å². The summed E-state index contributed by atoms with van der Waals surface area (Å²) >= 11 is 0. The Morgan fingerprint density at radius 2 is 1.39 bits per heavy atom. The first-order valence-electron chi connectivity index (χ1n) is 11.0. The standard InChI is InChI=1S/C28H32O4Si/c1-28(2,3)33(22-14-8-6-9-15-22,23-16-10-7-11-17-23)32-21-13-19-25(29)24-18-12-20-26(30-4)27(24)31-5/h6-12,14-18,20,25,29H,21H2,1-5H3. The van der Waals surface area contributed by atoms with Crippen molar-refractivity contribution < 1.29 is 19.0 Å². The molecule has 3 aromatic carbocycles. The summed E-state index contributed by atoms with van der Waals surface area (Å²) in [6.45, 7) is 6.88. The number of methoxy groups -OCH3 is 2. The van der Waals surface area contributed by atoms with Gasteiger partial charge >= 0.3 is 0 Å². The van der Waals surface area contributed by atoms with Gasteiger partial charge in [-0.1, -0.05) is 105 Å². The van der Waals surface area contributed by atoms with E-state index >= 15 is 0 Å². The Morgan fingerprint density at radius 1 is 0.818 bits per heavy atom. The highest BCUT2D eigenvalue weighted by Crippen LogP contribution is 2.37. The van der Waals surface area contributed by atoms with Gasteiger partial charge in [0.1, 0.15) is 6.10 Å². The van der Waals surface area contributed by atoms with Crippen molar-refractivity contribution >= 4 is 18.7 Å². The molecule has 4 nitrogen and oxygen atoms in total. The molecule has 0 bridgehead atoms. The lowest BCUT2D eigenvalue weighted by atomic mass is 10.1. The van der Waals surface area contributed by atoms with Crippen molar-refractivity contribution in [3.05, 3.63) is 84.4 Å². The first-order valence-corrected chi connectivity index (χ1v) is 12.9. The molecule has 0 heterocycles. The van der Waals surface area contributed by atoms with E-state index in [1.807, 2.05) is 12.1 Å². The Labute approximate surface area is 198 Å². The molecule has 0 aromatic heterocycles. The molecule has 3 aromatic rings. The molecule has 0 aliphatic heterocycles. The Morgan fingerprint density at radius 3 is 1.88 bits per heavy atom. The number of ether oxygens (including phenoxy) is 2. The van der Waals surface area contributed by atoms with Crippen LogP contribution in [0.2, 0.25) is 5.04 Å². The van der Waals surface area contributed by atoms with Gasteiger partial charge in [-0.2, -0.15) is 0 Å². The molecule has 1 unspecified atom stereocenters. The number of hydrogen-bond acceptors (Lipinski definition) is 4. The average Bonchev–Trinajstić information content (AvgIpc) is 2.83. The number of para-hydroxylation sites is 1. The van der Waals surface area contributed by atoms with Gasteiger partial charge in [0.25, 0.3) is 8.32 Å². The summed E-state index contributed by atoms with van der Waals surface area (Å²) in [4.78, 5) is 0. The Bertz CT molecular complexity index is 1060. The monoisotopic (exact) mass is 460 g/mol. The summed E-state index contributed by atoms with van der Waals surface area (Å²) in [6, 6.07) is 26.2. The van der Waals surface area contributed by atoms with Crippen LogP contribution in [0.1, 0.15) is 32.4 Å². The summed E-state index contributed by atoms with van der Waals surface area (Å²) in [5.41, 5.74) is 0.565. The SMILES string of the molecule is COc1cccc(C(O)C#CCO[Si](c2ccccc2)(c2ccccc2)C(C)(C)C)c1OC. The Balaban J connectivity index is 1.94. The summed E-state index contributed by atoms with van der Waals surface area (Å²) in [6.07, 6.45) is -1.02. The van der Waals surface area contributed by atoms with Gasteiger partial charge in [0.05, 0.1) is 20.8 Å². The van der Waals surface area contributed by atoms with Gasteiger partial charge in [0.15, 0.2) is 11.5 Å². The van der Waals surface area contributed by atoms with Crippen LogP contribution in [0.25, 0.3) is 0 Å². The van der Waals surface area contributed by atoms with E-state index in [1.165, 1.54) is 10.4 Å². The van der Waals surface area contributed by atoms with Crippen LogP contribution in [0.4, 0.5) is 0 Å². The molecule has 0 aliphatic carbocycles. The lowest BCUT2D eigenvalue weighted by Crippen LogP contribution is -2.66. The third-order valence-electron chi connectivity index (χ3n) is 5.74. The summed E-state index contributed by atoms with van der Waals surface area (Å²) < 4.78 is 17.5. The first-order chi connectivity index (χ1) is 15.8. The molecule has 172 valence electrons. The van der Waals surface area contributed by atoms with Crippen molar-refractivity contribution in [2.24, 2.45) is 0 Å². The van der Waals surface area contributed by atoms with Crippen LogP contribution in [-0.2, 0) is 4.43 Å². The number of benzene rings is 3. The van der Waals surface area contributed by atoms with E-state index in [4.69, 9.17) is 13.9 Å². The van der Waals surface area contributed by atoms with Crippen LogP contribution < -0.4 is 19.8 Å². The molecule has 0 saturated heterocycles. The minimum absolute atomic E-state index is 0.133. The molecule has 1 N–H and O–H groups in total. The maximum absolute atomic E-state index is 10.7. The van der Waals surface area contributed by atoms with Crippen molar-refractivity contribution in [3.63, 3.8) is 0 Å². The van der Waals surface area contributed by atoms with Gasteiger partial charge < -0.3 is 19.0 Å². The van der Waals surface area contributed by atoms with E-state index in [1.54, 1.807) is 32.4 Å². The molecule has 5 heteroatoms. The minimum Gasteiger partial charge on any atom is -0.493 e. The van der Waals surface area contributed by atoms with E-state index in [2.05, 4.69) is 81.1 Å². The van der Waals surface area contributed by atoms with E-state index in [-0.39, 0.29) is 11.6 Å². The predicted molar refractivity (Wildman–Crippen MR) is 136 cm³/mol. The summed E-state index contributed by atoms with van der Waals surface area (Å²) in [5, 5.41) is 13.0. The molecule has 3 rings (SSSR count). The average molecular weight is 461 g/mol. The summed E-state index contributed by atoms with van der Waals surface area (Å²) in [5.74, 6) is 7.01. The Hall–Kier alpha value is -3.04. The third-order valence-corrected chi connectivity index (χ3v) is 10.7. The Kier molecular flexibility index (Phi) is 7.99. The second kappa shape index (κ2) is 10.7. The largest absolute Gasteiger partial charge is 0.493 e. The van der Waals surface area contributed by atoms with Crippen LogP contribution in [-0.4, -0.2) is 34.3 Å². The topological polar surface area (TPSA) is 47.9 Å². The minimum atomic E-state index is -2.66. The highest BCUT2D eigenvalue weighted by molar-refractivity contribution is 6.99. The van der Waals surface area contributed by atoms with Crippen molar-refractivity contribution in [1.82, 2.24) is 0 Å². The number of rotatable bonds is 7. The highest BCUT2D eigenvalue weighted by atomic mass is 28.4. The smallest absolute Gasteiger partial charge is 0.262 e. The predicted octanol–water partition coefficient (Wildman–Crippen LogP) is 4.32. The van der Waals surface area contributed by atoms with E-state index in [9.17, 15) is 5.11 Å². The zero-order chi connectivity index (χ0) is 23.9. The molecule has 0 aliphatic rings. The molecule has 0 radical (unpaired) electrons. The molecule has 0 amide bonds. The van der Waals surface area contributed by atoms with Crippen LogP contribution in [0.15, 0.2) is 78.9 Å². The van der Waals surface area contributed by atoms with Gasteiger partial charge in [0.2, 0.25) is 0 Å². The molecule has 1 atom stereocenters. The number of aliphatic hydroxyl groups excluding tert-OH is 1. The fourth-order valence-corrected chi connectivity index (χ4v) is 8.69. The van der Waals surface area contributed by atoms with E-state index < -0.39 is 14.4 Å². The maximum Gasteiger partial charge on any atom is 0.262 e. The van der Waals surface area contributed by atoms with Crippen LogP contribution in [0.5, 0.6) is 11.5 Å². The number of hydrogen-bond donors (Lipinski definition) is 1. The van der Waals surface area contributed by atoms with Gasteiger partial charge in [-0.15, -0.1) is 0 Å². The van der Waals surface area contributed by atoms with Crippen molar-refractivity contribution in [3.8, 4) is 23.3 Å². The molecule has 0 saturated carbocycles. The summed E-state index contributed by atoms with van der Waals surface area (Å²) in [7, 11) is 0.454. The van der Waals surface area contributed by atoms with Crippen molar-refractivity contribution in [2.75, 3.05) is 20.8 Å². The van der Waals surface area contributed by atoms with E-state index in [0.29, 0.717) is 17.1 Å². The molecule has 0 fully saturated rings. The van der Waals surface area contributed by atoms with E-state index in [0.717, 1.165) is 0 Å². The van der Waals surface area contributed by atoms with Crippen molar-refractivity contribution in [1.29, 1.82) is 0 Å². The van der Waals surface area contributed by atoms with Gasteiger partial charge in [-0.3, -0.25) is 0 Å². The van der Waals surface area contributed by atoms with Crippen LogP contribution in [0.3, 0.4) is 0 Å². The fourth-order valence-electron chi connectivity index (χ4n) is 4.25. The van der Waals surface area contributed by atoms with Crippen LogP contribution in [0, 0.1) is 11.8 Å². The molecule has 0 spiro atoms. The fraction of sp³-hybridized carbons (Fsp3) is 0.286. The first kappa shape index (κ1) is 24.6. The van der Waals surface area contributed by atoms with Crippen molar-refractivity contribution in [2.45, 2.75) is 31.9 Å². The third kappa shape index (κ3) is 5.14. The van der Waals surface area contributed by atoms with Gasteiger partial charge in [-0.25, -0.2) is 0 Å². The molecular weight excluding hydrogens is 428 g/mol. The number of aliphatic hydroxyl groups is 1. The quantitative estimate of drug-likeness (QED) is 0.421.